The molecule has 1 aromatic rings. The zero-order valence-corrected chi connectivity index (χ0v) is 16.5. The number of carbonyl (C=O) groups is 2. The van der Waals surface area contributed by atoms with Crippen LogP contribution in [0.5, 0.6) is 0 Å². The summed E-state index contributed by atoms with van der Waals surface area (Å²) in [5.74, 6) is 0.469. The van der Waals surface area contributed by atoms with E-state index < -0.39 is 0 Å². The highest BCUT2D eigenvalue weighted by Gasteiger charge is 2.41. The number of carbonyl (C=O) groups excluding carboxylic acids is 2. The largest absolute Gasteiger partial charge is 0.379 e. The molecule has 28 heavy (non-hydrogen) atoms. The second kappa shape index (κ2) is 8.57. The molecule has 7 heteroatoms. The number of hydrogen-bond donors (Lipinski definition) is 0. The van der Waals surface area contributed by atoms with Crippen LogP contribution in [0.25, 0.3) is 0 Å². The molecule has 3 fully saturated rings. The van der Waals surface area contributed by atoms with Gasteiger partial charge in [-0.15, -0.1) is 0 Å². The molecule has 0 N–H and O–H groups in total. The third kappa shape index (κ3) is 4.52. The Hall–Kier alpha value is -1.99. The van der Waals surface area contributed by atoms with Gasteiger partial charge in [-0.3, -0.25) is 19.5 Å². The first-order valence-corrected chi connectivity index (χ1v) is 10.4. The van der Waals surface area contributed by atoms with E-state index in [2.05, 4.69) is 9.88 Å². The van der Waals surface area contributed by atoms with Crippen LogP contribution in [-0.4, -0.2) is 84.0 Å². The first-order chi connectivity index (χ1) is 13.6. The Morgan fingerprint density at radius 2 is 1.93 bits per heavy atom. The van der Waals surface area contributed by atoms with Crippen molar-refractivity contribution in [2.45, 2.75) is 32.2 Å². The maximum Gasteiger partial charge on any atom is 0.236 e. The molecule has 1 spiro atoms. The fourth-order valence-electron chi connectivity index (χ4n) is 4.65. The van der Waals surface area contributed by atoms with Gasteiger partial charge in [0.05, 0.1) is 19.8 Å². The number of piperidine rings is 2. The van der Waals surface area contributed by atoms with Crippen LogP contribution in [0.15, 0.2) is 24.5 Å². The lowest BCUT2D eigenvalue weighted by molar-refractivity contribution is -0.143. The van der Waals surface area contributed by atoms with Gasteiger partial charge in [-0.2, -0.15) is 0 Å². The number of hydrogen-bond acceptors (Lipinski definition) is 5. The maximum atomic E-state index is 12.7. The van der Waals surface area contributed by atoms with Gasteiger partial charge in [-0.25, -0.2) is 0 Å². The van der Waals surface area contributed by atoms with Crippen LogP contribution in [-0.2, 0) is 20.9 Å². The Balaban J connectivity index is 1.31. The highest BCUT2D eigenvalue weighted by Crippen LogP contribution is 2.40. The second-order valence-corrected chi connectivity index (χ2v) is 8.38. The number of nitrogens with zero attached hydrogens (tertiary/aromatic N) is 4. The number of rotatable bonds is 4. The van der Waals surface area contributed by atoms with Gasteiger partial charge in [-0.1, -0.05) is 6.07 Å². The van der Waals surface area contributed by atoms with Crippen molar-refractivity contribution in [1.82, 2.24) is 19.7 Å². The summed E-state index contributed by atoms with van der Waals surface area (Å²) >= 11 is 0. The number of pyridine rings is 1. The maximum absolute atomic E-state index is 12.7. The summed E-state index contributed by atoms with van der Waals surface area (Å²) in [6.45, 7) is 6.66. The SMILES string of the molecule is O=C(CN1CCOCC1)N1CCC2(CCC(=O)N(Cc3cccnc3)C2)CC1. The molecule has 2 amide bonds. The fraction of sp³-hybridized carbons (Fsp3) is 0.667. The number of morpholine rings is 1. The van der Waals surface area contributed by atoms with Crippen LogP contribution in [0.3, 0.4) is 0 Å². The molecule has 3 saturated heterocycles. The van der Waals surface area contributed by atoms with E-state index in [0.717, 1.165) is 70.8 Å². The van der Waals surface area contributed by atoms with Crippen molar-refractivity contribution in [3.63, 3.8) is 0 Å². The summed E-state index contributed by atoms with van der Waals surface area (Å²) in [5, 5.41) is 0. The van der Waals surface area contributed by atoms with Gasteiger partial charge in [0, 0.05) is 58.1 Å². The number of likely N-dealkylation sites (tertiary alicyclic amines) is 2. The summed E-state index contributed by atoms with van der Waals surface area (Å²) in [6, 6.07) is 3.94. The van der Waals surface area contributed by atoms with Crippen molar-refractivity contribution >= 4 is 11.8 Å². The highest BCUT2D eigenvalue weighted by atomic mass is 16.5. The van der Waals surface area contributed by atoms with Gasteiger partial charge >= 0.3 is 0 Å². The van der Waals surface area contributed by atoms with Crippen molar-refractivity contribution in [2.24, 2.45) is 5.41 Å². The van der Waals surface area contributed by atoms with E-state index in [1.54, 1.807) is 6.20 Å². The van der Waals surface area contributed by atoms with Gasteiger partial charge in [0.2, 0.25) is 11.8 Å². The molecule has 4 heterocycles. The molecule has 0 aliphatic carbocycles. The minimum Gasteiger partial charge on any atom is -0.379 e. The highest BCUT2D eigenvalue weighted by molar-refractivity contribution is 5.79. The minimum atomic E-state index is 0.159. The minimum absolute atomic E-state index is 0.159. The van der Waals surface area contributed by atoms with E-state index in [1.165, 1.54) is 0 Å². The molecule has 3 aliphatic rings. The van der Waals surface area contributed by atoms with E-state index in [1.807, 2.05) is 28.1 Å². The van der Waals surface area contributed by atoms with Gasteiger partial charge in [-0.05, 0) is 36.3 Å². The molecule has 3 aliphatic heterocycles. The van der Waals surface area contributed by atoms with Crippen molar-refractivity contribution in [2.75, 3.05) is 52.5 Å². The van der Waals surface area contributed by atoms with E-state index in [0.29, 0.717) is 19.5 Å². The zero-order valence-electron chi connectivity index (χ0n) is 16.5. The predicted molar refractivity (Wildman–Crippen MR) is 104 cm³/mol. The van der Waals surface area contributed by atoms with Crippen LogP contribution in [0, 0.1) is 5.41 Å². The Morgan fingerprint density at radius 3 is 2.64 bits per heavy atom. The van der Waals surface area contributed by atoms with Crippen LogP contribution in [0.4, 0.5) is 0 Å². The van der Waals surface area contributed by atoms with E-state index in [9.17, 15) is 9.59 Å². The quantitative estimate of drug-likeness (QED) is 0.777. The molecule has 1 aromatic heterocycles. The lowest BCUT2D eigenvalue weighted by atomic mass is 9.72. The third-order valence-electron chi connectivity index (χ3n) is 6.48. The predicted octanol–water partition coefficient (Wildman–Crippen LogP) is 1.15. The number of amides is 2. The van der Waals surface area contributed by atoms with E-state index in [-0.39, 0.29) is 17.2 Å². The number of ether oxygens (including phenoxy) is 1. The number of aromatic nitrogens is 1. The molecule has 0 saturated carbocycles. The van der Waals surface area contributed by atoms with Gasteiger partial charge < -0.3 is 14.5 Å². The molecule has 4 rings (SSSR count). The summed E-state index contributed by atoms with van der Waals surface area (Å²) < 4.78 is 5.36. The van der Waals surface area contributed by atoms with E-state index in [4.69, 9.17) is 4.74 Å². The molecule has 0 atom stereocenters. The Labute approximate surface area is 166 Å². The first kappa shape index (κ1) is 19.3. The summed E-state index contributed by atoms with van der Waals surface area (Å²) in [7, 11) is 0. The van der Waals surface area contributed by atoms with Crippen LogP contribution < -0.4 is 0 Å². The zero-order chi connectivity index (χ0) is 19.4. The lowest BCUT2D eigenvalue weighted by Gasteiger charge is -2.47. The first-order valence-electron chi connectivity index (χ1n) is 10.4. The van der Waals surface area contributed by atoms with Crippen molar-refractivity contribution in [3.05, 3.63) is 30.1 Å². The Kier molecular flexibility index (Phi) is 5.92. The molecular weight excluding hydrogens is 356 g/mol. The van der Waals surface area contributed by atoms with Crippen molar-refractivity contribution in [1.29, 1.82) is 0 Å². The van der Waals surface area contributed by atoms with Crippen LogP contribution >= 0.6 is 0 Å². The van der Waals surface area contributed by atoms with Gasteiger partial charge in [0.1, 0.15) is 0 Å². The second-order valence-electron chi connectivity index (χ2n) is 8.38. The fourth-order valence-corrected chi connectivity index (χ4v) is 4.65. The standard InChI is InChI=1S/C21H30N4O3/c26-19-3-4-21(17-25(19)15-18-2-1-7-22-14-18)5-8-24(9-6-21)20(27)16-23-10-12-28-13-11-23/h1-2,7,14H,3-6,8-13,15-17H2. The molecule has 152 valence electrons. The topological polar surface area (TPSA) is 66.0 Å². The summed E-state index contributed by atoms with van der Waals surface area (Å²) in [6.07, 6.45) is 7.12. The smallest absolute Gasteiger partial charge is 0.236 e. The molecule has 0 radical (unpaired) electrons. The Bertz CT molecular complexity index is 682. The lowest BCUT2D eigenvalue weighted by Crippen LogP contribution is -2.53. The van der Waals surface area contributed by atoms with Gasteiger partial charge in [0.25, 0.3) is 0 Å². The van der Waals surface area contributed by atoms with E-state index >= 15 is 0 Å². The molecular formula is C21H30N4O3. The molecule has 0 aromatic carbocycles. The molecule has 7 nitrogen and oxygen atoms in total. The monoisotopic (exact) mass is 386 g/mol. The molecule has 0 unspecified atom stereocenters. The molecule has 0 bridgehead atoms. The van der Waals surface area contributed by atoms with Crippen molar-refractivity contribution < 1.29 is 14.3 Å². The van der Waals surface area contributed by atoms with Crippen LogP contribution in [0.2, 0.25) is 0 Å². The Morgan fingerprint density at radius 1 is 1.14 bits per heavy atom. The van der Waals surface area contributed by atoms with Gasteiger partial charge in [0.15, 0.2) is 0 Å². The average molecular weight is 386 g/mol. The van der Waals surface area contributed by atoms with Crippen molar-refractivity contribution in [3.8, 4) is 0 Å². The summed E-state index contributed by atoms with van der Waals surface area (Å²) in [4.78, 5) is 35.5. The average Bonchev–Trinajstić information content (AvgIpc) is 2.73. The normalized spacial score (nSPS) is 23.2. The third-order valence-corrected chi connectivity index (χ3v) is 6.48. The summed E-state index contributed by atoms with van der Waals surface area (Å²) in [5.41, 5.74) is 1.23. The van der Waals surface area contributed by atoms with Crippen LogP contribution in [0.1, 0.15) is 31.2 Å².